The zero-order valence-corrected chi connectivity index (χ0v) is 12.7. The van der Waals surface area contributed by atoms with Gasteiger partial charge in [0.15, 0.2) is 0 Å². The van der Waals surface area contributed by atoms with E-state index in [4.69, 9.17) is 4.74 Å². The molecule has 0 radical (unpaired) electrons. The SMILES string of the molecule is COCCNCC1CCCN(c2nnc(C)c(C)n2)C1. The lowest BCUT2D eigenvalue weighted by molar-refractivity contribution is 0.197. The number of hydrogen-bond donors (Lipinski definition) is 1. The molecule has 1 unspecified atom stereocenters. The van der Waals surface area contributed by atoms with Crippen LogP contribution in [-0.2, 0) is 4.74 Å². The Morgan fingerprint density at radius 3 is 2.90 bits per heavy atom. The molecule has 20 heavy (non-hydrogen) atoms. The van der Waals surface area contributed by atoms with Crippen LogP contribution in [0.1, 0.15) is 24.2 Å². The van der Waals surface area contributed by atoms with Crippen molar-refractivity contribution >= 4 is 5.95 Å². The molecule has 1 saturated heterocycles. The van der Waals surface area contributed by atoms with Crippen molar-refractivity contribution in [2.75, 3.05) is 44.8 Å². The van der Waals surface area contributed by atoms with Gasteiger partial charge in [-0.3, -0.25) is 0 Å². The number of aromatic nitrogens is 3. The van der Waals surface area contributed by atoms with Crippen LogP contribution in [0, 0.1) is 19.8 Å². The number of nitrogens with one attached hydrogen (secondary N) is 1. The Labute approximate surface area is 120 Å². The number of ether oxygens (including phenoxy) is 1. The quantitative estimate of drug-likeness (QED) is 0.782. The van der Waals surface area contributed by atoms with Gasteiger partial charge in [0.2, 0.25) is 5.95 Å². The minimum Gasteiger partial charge on any atom is -0.383 e. The average molecular weight is 279 g/mol. The Hall–Kier alpha value is -1.27. The van der Waals surface area contributed by atoms with Crippen molar-refractivity contribution in [2.45, 2.75) is 26.7 Å². The van der Waals surface area contributed by atoms with Crippen LogP contribution >= 0.6 is 0 Å². The van der Waals surface area contributed by atoms with Gasteiger partial charge in [-0.15, -0.1) is 5.10 Å². The Balaban J connectivity index is 1.87. The van der Waals surface area contributed by atoms with Crippen molar-refractivity contribution in [3.63, 3.8) is 0 Å². The first-order chi connectivity index (χ1) is 9.70. The van der Waals surface area contributed by atoms with E-state index in [1.165, 1.54) is 12.8 Å². The molecule has 0 amide bonds. The number of rotatable bonds is 6. The standard InChI is InChI=1S/C14H25N5O/c1-11-12(2)17-18-14(16-11)19-7-4-5-13(10-19)9-15-6-8-20-3/h13,15H,4-10H2,1-3H3. The van der Waals surface area contributed by atoms with Crippen molar-refractivity contribution in [1.29, 1.82) is 0 Å². The smallest absolute Gasteiger partial charge is 0.245 e. The molecule has 6 nitrogen and oxygen atoms in total. The molecule has 0 saturated carbocycles. The second-order valence-electron chi connectivity index (χ2n) is 5.43. The van der Waals surface area contributed by atoms with Gasteiger partial charge in [-0.2, -0.15) is 5.10 Å². The van der Waals surface area contributed by atoms with Gasteiger partial charge in [0, 0.05) is 26.7 Å². The topological polar surface area (TPSA) is 63.2 Å². The molecular weight excluding hydrogens is 254 g/mol. The van der Waals surface area contributed by atoms with E-state index in [0.717, 1.165) is 50.1 Å². The number of anilines is 1. The third-order valence-corrected chi connectivity index (χ3v) is 3.80. The predicted octanol–water partition coefficient (Wildman–Crippen LogP) is 0.941. The van der Waals surface area contributed by atoms with Crippen LogP contribution < -0.4 is 10.2 Å². The Morgan fingerprint density at radius 2 is 2.15 bits per heavy atom. The maximum Gasteiger partial charge on any atom is 0.245 e. The van der Waals surface area contributed by atoms with Gasteiger partial charge in [-0.25, -0.2) is 4.98 Å². The molecule has 0 bridgehead atoms. The van der Waals surface area contributed by atoms with Gasteiger partial charge in [-0.05, 0) is 39.2 Å². The van der Waals surface area contributed by atoms with Crippen LogP contribution in [0.15, 0.2) is 0 Å². The van der Waals surface area contributed by atoms with Crippen LogP contribution in [0.3, 0.4) is 0 Å². The summed E-state index contributed by atoms with van der Waals surface area (Å²) >= 11 is 0. The first-order valence-electron chi connectivity index (χ1n) is 7.33. The largest absolute Gasteiger partial charge is 0.383 e. The number of hydrogen-bond acceptors (Lipinski definition) is 6. The molecule has 2 rings (SSSR count). The Morgan fingerprint density at radius 1 is 1.30 bits per heavy atom. The first kappa shape index (κ1) is 15.1. The molecule has 2 heterocycles. The molecule has 112 valence electrons. The highest BCUT2D eigenvalue weighted by Gasteiger charge is 2.22. The fourth-order valence-electron chi connectivity index (χ4n) is 2.47. The zero-order chi connectivity index (χ0) is 14.4. The van der Waals surface area contributed by atoms with E-state index in [1.54, 1.807) is 7.11 Å². The third kappa shape index (κ3) is 4.11. The maximum atomic E-state index is 5.04. The van der Waals surface area contributed by atoms with E-state index in [-0.39, 0.29) is 0 Å². The molecule has 1 aromatic rings. The van der Waals surface area contributed by atoms with Crippen LogP contribution in [0.5, 0.6) is 0 Å². The van der Waals surface area contributed by atoms with Crippen LogP contribution in [0.4, 0.5) is 5.95 Å². The molecular formula is C14H25N5O. The summed E-state index contributed by atoms with van der Waals surface area (Å²) in [4.78, 5) is 6.81. The highest BCUT2D eigenvalue weighted by atomic mass is 16.5. The lowest BCUT2D eigenvalue weighted by Crippen LogP contribution is -2.41. The fourth-order valence-corrected chi connectivity index (χ4v) is 2.47. The highest BCUT2D eigenvalue weighted by molar-refractivity contribution is 5.30. The summed E-state index contributed by atoms with van der Waals surface area (Å²) in [6.45, 7) is 8.66. The van der Waals surface area contributed by atoms with Gasteiger partial charge in [0.25, 0.3) is 0 Å². The molecule has 1 atom stereocenters. The molecule has 1 fully saturated rings. The van der Waals surface area contributed by atoms with Gasteiger partial charge >= 0.3 is 0 Å². The minimum absolute atomic E-state index is 0.644. The normalized spacial score (nSPS) is 19.4. The second-order valence-corrected chi connectivity index (χ2v) is 5.43. The van der Waals surface area contributed by atoms with Crippen LogP contribution in [0.2, 0.25) is 0 Å². The maximum absolute atomic E-state index is 5.04. The number of nitrogens with zero attached hydrogens (tertiary/aromatic N) is 4. The molecule has 0 aliphatic carbocycles. The van der Waals surface area contributed by atoms with E-state index < -0.39 is 0 Å². The molecule has 1 aliphatic heterocycles. The monoisotopic (exact) mass is 279 g/mol. The summed E-state index contributed by atoms with van der Waals surface area (Å²) in [5.74, 6) is 1.42. The number of aryl methyl sites for hydroxylation is 2. The van der Waals surface area contributed by atoms with Crippen LogP contribution in [-0.4, -0.2) is 55.1 Å². The van der Waals surface area contributed by atoms with Crippen LogP contribution in [0.25, 0.3) is 0 Å². The van der Waals surface area contributed by atoms with E-state index in [9.17, 15) is 0 Å². The zero-order valence-electron chi connectivity index (χ0n) is 12.7. The van der Waals surface area contributed by atoms with Crippen molar-refractivity contribution in [1.82, 2.24) is 20.5 Å². The Bertz CT molecular complexity index is 426. The molecule has 0 aromatic carbocycles. The highest BCUT2D eigenvalue weighted by Crippen LogP contribution is 2.19. The summed E-state index contributed by atoms with van der Waals surface area (Å²) in [6, 6.07) is 0. The third-order valence-electron chi connectivity index (χ3n) is 3.80. The van der Waals surface area contributed by atoms with E-state index in [0.29, 0.717) is 5.92 Å². The average Bonchev–Trinajstić information content (AvgIpc) is 2.47. The van der Waals surface area contributed by atoms with Gasteiger partial charge in [-0.1, -0.05) is 0 Å². The Kier molecular flexibility index (Phi) is 5.67. The summed E-state index contributed by atoms with van der Waals surface area (Å²) in [5.41, 5.74) is 1.87. The van der Waals surface area contributed by atoms with Gasteiger partial charge < -0.3 is 15.0 Å². The van der Waals surface area contributed by atoms with Gasteiger partial charge in [0.05, 0.1) is 18.0 Å². The van der Waals surface area contributed by atoms with E-state index in [2.05, 4.69) is 25.4 Å². The summed E-state index contributed by atoms with van der Waals surface area (Å²) in [6.07, 6.45) is 2.45. The van der Waals surface area contributed by atoms with Gasteiger partial charge in [0.1, 0.15) is 0 Å². The molecule has 6 heteroatoms. The second kappa shape index (κ2) is 7.50. The number of piperidine rings is 1. The van der Waals surface area contributed by atoms with E-state index >= 15 is 0 Å². The summed E-state index contributed by atoms with van der Waals surface area (Å²) in [7, 11) is 1.73. The van der Waals surface area contributed by atoms with Crippen molar-refractivity contribution in [2.24, 2.45) is 5.92 Å². The van der Waals surface area contributed by atoms with Crippen molar-refractivity contribution in [3.05, 3.63) is 11.4 Å². The minimum atomic E-state index is 0.644. The van der Waals surface area contributed by atoms with Crippen molar-refractivity contribution < 1.29 is 4.74 Å². The summed E-state index contributed by atoms with van der Waals surface area (Å²) in [5, 5.41) is 11.9. The predicted molar refractivity (Wildman–Crippen MR) is 79.0 cm³/mol. The molecule has 0 spiro atoms. The number of methoxy groups -OCH3 is 1. The summed E-state index contributed by atoms with van der Waals surface area (Å²) < 4.78 is 5.04. The molecule has 1 N–H and O–H groups in total. The molecule has 1 aliphatic rings. The first-order valence-corrected chi connectivity index (χ1v) is 7.33. The lowest BCUT2D eigenvalue weighted by atomic mass is 9.98. The van der Waals surface area contributed by atoms with E-state index in [1.807, 2.05) is 13.8 Å². The molecule has 1 aromatic heterocycles. The fraction of sp³-hybridized carbons (Fsp3) is 0.786. The lowest BCUT2D eigenvalue weighted by Gasteiger charge is -2.32. The van der Waals surface area contributed by atoms with Crippen molar-refractivity contribution in [3.8, 4) is 0 Å².